The van der Waals surface area contributed by atoms with E-state index in [0.29, 0.717) is 11.6 Å². The molecule has 1 amide bonds. The minimum atomic E-state index is -0.555. The number of hydrogen-bond acceptors (Lipinski definition) is 2. The van der Waals surface area contributed by atoms with Crippen LogP contribution >= 0.6 is 11.6 Å². The normalized spacial score (nSPS) is 26.2. The molecule has 20 heavy (non-hydrogen) atoms. The zero-order valence-corrected chi connectivity index (χ0v) is 11.9. The second kappa shape index (κ2) is 5.70. The topological polar surface area (TPSA) is 29.5 Å². The van der Waals surface area contributed by atoms with E-state index in [1.165, 1.54) is 12.1 Å². The van der Waals surface area contributed by atoms with Crippen molar-refractivity contribution in [3.63, 3.8) is 0 Å². The Hall–Kier alpha value is -1.13. The van der Waals surface area contributed by atoms with Gasteiger partial charge < -0.3 is 9.64 Å². The maximum Gasteiger partial charge on any atom is 0.257 e. The third-order valence-corrected chi connectivity index (χ3v) is 4.35. The van der Waals surface area contributed by atoms with Crippen LogP contribution < -0.4 is 0 Å². The smallest absolute Gasteiger partial charge is 0.257 e. The summed E-state index contributed by atoms with van der Waals surface area (Å²) in [6.07, 6.45) is 4.02. The van der Waals surface area contributed by atoms with E-state index in [4.69, 9.17) is 16.3 Å². The Morgan fingerprint density at radius 3 is 2.90 bits per heavy atom. The average molecular weight is 298 g/mol. The molecule has 2 heterocycles. The van der Waals surface area contributed by atoms with E-state index >= 15 is 0 Å². The van der Waals surface area contributed by atoms with Crippen LogP contribution in [0.5, 0.6) is 0 Å². The van der Waals surface area contributed by atoms with Gasteiger partial charge in [0, 0.05) is 18.2 Å². The lowest BCUT2D eigenvalue weighted by Gasteiger charge is -2.29. The zero-order valence-electron chi connectivity index (χ0n) is 11.1. The fraction of sp³-hybridized carbons (Fsp3) is 0.533. The fourth-order valence-electron chi connectivity index (χ4n) is 3.15. The monoisotopic (exact) mass is 297 g/mol. The van der Waals surface area contributed by atoms with Gasteiger partial charge >= 0.3 is 0 Å². The molecule has 5 heteroatoms. The maximum atomic E-state index is 13.9. The summed E-state index contributed by atoms with van der Waals surface area (Å²) < 4.78 is 19.6. The first-order valence-electron chi connectivity index (χ1n) is 7.04. The van der Waals surface area contributed by atoms with Crippen LogP contribution in [-0.2, 0) is 4.74 Å². The van der Waals surface area contributed by atoms with E-state index in [0.717, 1.165) is 32.3 Å². The van der Waals surface area contributed by atoms with Gasteiger partial charge in [0.05, 0.1) is 17.7 Å². The highest BCUT2D eigenvalue weighted by molar-refractivity contribution is 6.30. The SMILES string of the molecule is O=C(c1ccc(Cl)cc1F)N1CCC[C@H]1[C@H]1CCCO1. The predicted octanol–water partition coefficient (Wildman–Crippen LogP) is 3.26. The van der Waals surface area contributed by atoms with Gasteiger partial charge in [-0.25, -0.2) is 4.39 Å². The van der Waals surface area contributed by atoms with Gasteiger partial charge in [0.2, 0.25) is 0 Å². The molecule has 3 rings (SSSR count). The first kappa shape index (κ1) is 13.8. The predicted molar refractivity (Wildman–Crippen MR) is 74.4 cm³/mol. The van der Waals surface area contributed by atoms with Crippen LogP contribution in [0, 0.1) is 5.82 Å². The summed E-state index contributed by atoms with van der Waals surface area (Å²) in [5.74, 6) is -0.808. The van der Waals surface area contributed by atoms with Crippen molar-refractivity contribution in [2.24, 2.45) is 0 Å². The van der Waals surface area contributed by atoms with Crippen LogP contribution in [0.2, 0.25) is 5.02 Å². The molecule has 0 radical (unpaired) electrons. The molecule has 0 bridgehead atoms. The van der Waals surface area contributed by atoms with Gasteiger partial charge in [-0.05, 0) is 43.9 Å². The van der Waals surface area contributed by atoms with Crippen molar-refractivity contribution >= 4 is 17.5 Å². The fourth-order valence-corrected chi connectivity index (χ4v) is 3.31. The lowest BCUT2D eigenvalue weighted by Crippen LogP contribution is -2.42. The van der Waals surface area contributed by atoms with Crippen molar-refractivity contribution in [3.05, 3.63) is 34.6 Å². The molecular formula is C15H17ClFNO2. The van der Waals surface area contributed by atoms with Gasteiger partial charge in [-0.15, -0.1) is 0 Å². The number of benzene rings is 1. The molecule has 2 atom stereocenters. The summed E-state index contributed by atoms with van der Waals surface area (Å²) in [7, 11) is 0. The summed E-state index contributed by atoms with van der Waals surface area (Å²) in [6, 6.07) is 4.28. The Bertz CT molecular complexity index is 517. The van der Waals surface area contributed by atoms with Gasteiger partial charge in [0.25, 0.3) is 5.91 Å². The number of carbonyl (C=O) groups is 1. The third kappa shape index (κ3) is 2.54. The third-order valence-electron chi connectivity index (χ3n) is 4.12. The minimum Gasteiger partial charge on any atom is -0.376 e. The largest absolute Gasteiger partial charge is 0.376 e. The lowest BCUT2D eigenvalue weighted by atomic mass is 10.0. The molecule has 0 saturated carbocycles. The van der Waals surface area contributed by atoms with Gasteiger partial charge in [0.15, 0.2) is 0 Å². The number of halogens is 2. The molecule has 1 aromatic rings. The van der Waals surface area contributed by atoms with Crippen molar-refractivity contribution in [3.8, 4) is 0 Å². The molecule has 0 unspecified atom stereocenters. The number of likely N-dealkylation sites (tertiary alicyclic amines) is 1. The Kier molecular flexibility index (Phi) is 3.94. The molecule has 0 aliphatic carbocycles. The Balaban J connectivity index is 1.81. The van der Waals surface area contributed by atoms with Crippen LogP contribution in [0.3, 0.4) is 0 Å². The highest BCUT2D eigenvalue weighted by Crippen LogP contribution is 2.29. The van der Waals surface area contributed by atoms with Gasteiger partial charge in [-0.2, -0.15) is 0 Å². The molecule has 2 aliphatic heterocycles. The van der Waals surface area contributed by atoms with Gasteiger partial charge in [0.1, 0.15) is 5.82 Å². The number of nitrogens with zero attached hydrogens (tertiary/aromatic N) is 1. The van der Waals surface area contributed by atoms with E-state index in [1.807, 2.05) is 0 Å². The first-order valence-corrected chi connectivity index (χ1v) is 7.42. The lowest BCUT2D eigenvalue weighted by molar-refractivity contribution is 0.0338. The van der Waals surface area contributed by atoms with E-state index in [9.17, 15) is 9.18 Å². The number of amides is 1. The van der Waals surface area contributed by atoms with E-state index < -0.39 is 5.82 Å². The van der Waals surface area contributed by atoms with E-state index in [2.05, 4.69) is 0 Å². The van der Waals surface area contributed by atoms with Crippen LogP contribution in [0.1, 0.15) is 36.0 Å². The average Bonchev–Trinajstić information content (AvgIpc) is 3.09. The van der Waals surface area contributed by atoms with Crippen LogP contribution in [0.25, 0.3) is 0 Å². The van der Waals surface area contributed by atoms with Crippen molar-refractivity contribution in [1.82, 2.24) is 4.90 Å². The molecule has 0 spiro atoms. The quantitative estimate of drug-likeness (QED) is 0.838. The number of hydrogen-bond donors (Lipinski definition) is 0. The standard InChI is InChI=1S/C15H17ClFNO2/c16-10-5-6-11(12(17)9-10)15(19)18-7-1-3-13(18)14-4-2-8-20-14/h5-6,9,13-14H,1-4,7-8H2/t13-,14+/m0/s1. The molecule has 2 aliphatic rings. The maximum absolute atomic E-state index is 13.9. The Morgan fingerprint density at radius 2 is 2.20 bits per heavy atom. The van der Waals surface area contributed by atoms with E-state index in [1.54, 1.807) is 11.0 Å². The number of ether oxygens (including phenoxy) is 1. The molecule has 0 aromatic heterocycles. The van der Waals surface area contributed by atoms with Gasteiger partial charge in [-0.3, -0.25) is 4.79 Å². The van der Waals surface area contributed by atoms with E-state index in [-0.39, 0.29) is 23.6 Å². The summed E-state index contributed by atoms with van der Waals surface area (Å²) in [5, 5.41) is 0.302. The molecular weight excluding hydrogens is 281 g/mol. The molecule has 0 N–H and O–H groups in total. The number of rotatable bonds is 2. The molecule has 108 valence electrons. The van der Waals surface area contributed by atoms with Crippen molar-refractivity contribution in [2.75, 3.05) is 13.2 Å². The first-order chi connectivity index (χ1) is 9.66. The summed E-state index contributed by atoms with van der Waals surface area (Å²) in [5.41, 5.74) is 0.0966. The summed E-state index contributed by atoms with van der Waals surface area (Å²) in [4.78, 5) is 14.3. The van der Waals surface area contributed by atoms with Crippen molar-refractivity contribution in [1.29, 1.82) is 0 Å². The molecule has 2 saturated heterocycles. The van der Waals surface area contributed by atoms with Crippen LogP contribution in [0.15, 0.2) is 18.2 Å². The Labute approximate surface area is 122 Å². The van der Waals surface area contributed by atoms with Gasteiger partial charge in [-0.1, -0.05) is 11.6 Å². The molecule has 2 fully saturated rings. The highest BCUT2D eigenvalue weighted by Gasteiger charge is 2.37. The highest BCUT2D eigenvalue weighted by atomic mass is 35.5. The Morgan fingerprint density at radius 1 is 1.35 bits per heavy atom. The van der Waals surface area contributed by atoms with Crippen molar-refractivity contribution in [2.45, 2.75) is 37.8 Å². The second-order valence-corrected chi connectivity index (χ2v) is 5.82. The summed E-state index contributed by atoms with van der Waals surface area (Å²) >= 11 is 5.73. The minimum absolute atomic E-state index is 0.0834. The second-order valence-electron chi connectivity index (χ2n) is 5.38. The molecule has 1 aromatic carbocycles. The number of carbonyl (C=O) groups excluding carboxylic acids is 1. The van der Waals surface area contributed by atoms with Crippen molar-refractivity contribution < 1.29 is 13.9 Å². The van der Waals surface area contributed by atoms with Crippen LogP contribution in [-0.4, -0.2) is 36.1 Å². The van der Waals surface area contributed by atoms with Crippen LogP contribution in [0.4, 0.5) is 4.39 Å². The summed E-state index contributed by atoms with van der Waals surface area (Å²) in [6.45, 7) is 1.43. The zero-order chi connectivity index (χ0) is 14.1. The molecule has 3 nitrogen and oxygen atoms in total.